The third-order valence-corrected chi connectivity index (χ3v) is 4.40. The highest BCUT2D eigenvalue weighted by Crippen LogP contribution is 2.21. The number of rotatable bonds is 4. The average molecular weight is 347 g/mol. The molecule has 4 heteroatoms. The van der Waals surface area contributed by atoms with Crippen molar-refractivity contribution in [3.8, 4) is 0 Å². The van der Waals surface area contributed by atoms with E-state index in [1.165, 1.54) is 11.1 Å². The second-order valence-corrected chi connectivity index (χ2v) is 5.85. The molecule has 2 N–H and O–H groups in total. The van der Waals surface area contributed by atoms with Crippen LogP contribution in [0.4, 0.5) is 5.69 Å². The second kappa shape index (κ2) is 6.76. The zero-order valence-electron chi connectivity index (χ0n) is 12.5. The molecule has 0 unspecified atom stereocenters. The minimum absolute atomic E-state index is 0.0596. The Kier molecular flexibility index (Phi) is 5.02. The molecule has 0 radical (unpaired) electrons. The molecular weight excluding hydrogens is 328 g/mol. The van der Waals surface area contributed by atoms with Crippen molar-refractivity contribution in [1.82, 2.24) is 5.32 Å². The first-order valence-electron chi connectivity index (χ1n) is 6.83. The molecule has 0 fully saturated rings. The summed E-state index contributed by atoms with van der Waals surface area (Å²) in [4.78, 5) is 11.8. The molecule has 2 aromatic carbocycles. The molecule has 0 heterocycles. The third kappa shape index (κ3) is 3.64. The van der Waals surface area contributed by atoms with Crippen LogP contribution in [0.15, 0.2) is 40.9 Å². The molecule has 0 saturated carbocycles. The second-order valence-electron chi connectivity index (χ2n) is 4.99. The molecule has 3 nitrogen and oxygen atoms in total. The van der Waals surface area contributed by atoms with Crippen LogP contribution in [0.3, 0.4) is 0 Å². The molecule has 2 aromatic rings. The van der Waals surface area contributed by atoms with Gasteiger partial charge >= 0.3 is 0 Å². The highest BCUT2D eigenvalue weighted by atomic mass is 79.9. The number of halogens is 1. The van der Waals surface area contributed by atoms with Gasteiger partial charge < -0.3 is 10.6 Å². The van der Waals surface area contributed by atoms with E-state index in [1.54, 1.807) is 7.05 Å². The van der Waals surface area contributed by atoms with E-state index in [0.717, 1.165) is 22.3 Å². The van der Waals surface area contributed by atoms with E-state index in [1.807, 2.05) is 25.1 Å². The van der Waals surface area contributed by atoms with Crippen LogP contribution in [-0.2, 0) is 6.54 Å². The van der Waals surface area contributed by atoms with Gasteiger partial charge in [0.25, 0.3) is 5.91 Å². The first-order chi connectivity index (χ1) is 10.0. The van der Waals surface area contributed by atoms with E-state index in [9.17, 15) is 4.79 Å². The predicted octanol–water partition coefficient (Wildman–Crippen LogP) is 4.04. The average Bonchev–Trinajstić information content (AvgIpc) is 2.49. The number of carbonyl (C=O) groups is 1. The highest BCUT2D eigenvalue weighted by molar-refractivity contribution is 9.10. The summed E-state index contributed by atoms with van der Waals surface area (Å²) in [5.74, 6) is -0.0596. The van der Waals surface area contributed by atoms with Crippen molar-refractivity contribution >= 4 is 27.5 Å². The van der Waals surface area contributed by atoms with Gasteiger partial charge in [-0.3, -0.25) is 4.79 Å². The number of anilines is 1. The normalized spacial score (nSPS) is 10.3. The van der Waals surface area contributed by atoms with Crippen molar-refractivity contribution < 1.29 is 4.79 Å². The fraction of sp³-hybridized carbons (Fsp3) is 0.235. The quantitative estimate of drug-likeness (QED) is 0.877. The maximum Gasteiger partial charge on any atom is 0.251 e. The number of nitrogens with one attached hydrogen (secondary N) is 2. The molecule has 1 amide bonds. The summed E-state index contributed by atoms with van der Waals surface area (Å²) in [5, 5.41) is 6.06. The van der Waals surface area contributed by atoms with E-state index in [4.69, 9.17) is 0 Å². The van der Waals surface area contributed by atoms with Crippen LogP contribution in [0.25, 0.3) is 0 Å². The smallest absolute Gasteiger partial charge is 0.251 e. The van der Waals surface area contributed by atoms with Crippen molar-refractivity contribution in [3.05, 3.63) is 63.1 Å². The molecule has 0 atom stereocenters. The summed E-state index contributed by atoms with van der Waals surface area (Å²) in [6.07, 6.45) is 0. The van der Waals surface area contributed by atoms with Gasteiger partial charge in [-0.05, 0) is 48.7 Å². The molecule has 0 aliphatic heterocycles. The molecule has 0 saturated heterocycles. The summed E-state index contributed by atoms with van der Waals surface area (Å²) in [7, 11) is 1.65. The van der Waals surface area contributed by atoms with Gasteiger partial charge in [0.05, 0.1) is 0 Å². The molecular formula is C17H19BrN2O. The maximum absolute atomic E-state index is 11.8. The lowest BCUT2D eigenvalue weighted by Gasteiger charge is -2.13. The Morgan fingerprint density at radius 2 is 1.95 bits per heavy atom. The lowest BCUT2D eigenvalue weighted by molar-refractivity contribution is 0.0962. The lowest BCUT2D eigenvalue weighted by Crippen LogP contribution is -2.19. The Hall–Kier alpha value is -1.81. The Balaban J connectivity index is 2.16. The number of carbonyl (C=O) groups excluding carboxylic acids is 1. The summed E-state index contributed by atoms with van der Waals surface area (Å²) in [5.41, 5.74) is 5.07. The minimum Gasteiger partial charge on any atom is -0.381 e. The number of aryl methyl sites for hydroxylation is 1. The van der Waals surface area contributed by atoms with Crippen LogP contribution in [0.1, 0.15) is 27.0 Å². The number of hydrogen-bond acceptors (Lipinski definition) is 2. The predicted molar refractivity (Wildman–Crippen MR) is 90.8 cm³/mol. The molecule has 0 aliphatic rings. The standard InChI is InChI=1S/C17H19BrN2O/c1-11-9-13(7-8-15(11)18)10-20-16-6-4-5-14(12(16)2)17(21)19-3/h4-9,20H,10H2,1-3H3,(H,19,21). The molecule has 0 aliphatic carbocycles. The molecule has 0 aromatic heterocycles. The van der Waals surface area contributed by atoms with Crippen LogP contribution >= 0.6 is 15.9 Å². The summed E-state index contributed by atoms with van der Waals surface area (Å²) >= 11 is 3.51. The summed E-state index contributed by atoms with van der Waals surface area (Å²) < 4.78 is 1.11. The molecule has 110 valence electrons. The maximum atomic E-state index is 11.8. The van der Waals surface area contributed by atoms with E-state index in [0.29, 0.717) is 5.56 Å². The molecule has 0 bridgehead atoms. The first kappa shape index (κ1) is 15.6. The Morgan fingerprint density at radius 1 is 1.19 bits per heavy atom. The SMILES string of the molecule is CNC(=O)c1cccc(NCc2ccc(Br)c(C)c2)c1C. The van der Waals surface area contributed by atoms with Gasteiger partial charge in [0.15, 0.2) is 0 Å². The monoisotopic (exact) mass is 346 g/mol. The summed E-state index contributed by atoms with van der Waals surface area (Å²) in [6.45, 7) is 4.76. The number of hydrogen-bond donors (Lipinski definition) is 2. The minimum atomic E-state index is -0.0596. The Morgan fingerprint density at radius 3 is 2.62 bits per heavy atom. The molecule has 21 heavy (non-hydrogen) atoms. The van der Waals surface area contributed by atoms with Gasteiger partial charge in [0.2, 0.25) is 0 Å². The van der Waals surface area contributed by atoms with Crippen LogP contribution in [0.5, 0.6) is 0 Å². The Bertz CT molecular complexity index is 668. The highest BCUT2D eigenvalue weighted by Gasteiger charge is 2.09. The first-order valence-corrected chi connectivity index (χ1v) is 7.63. The van der Waals surface area contributed by atoms with Gasteiger partial charge in [-0.1, -0.05) is 34.1 Å². The topological polar surface area (TPSA) is 41.1 Å². The van der Waals surface area contributed by atoms with E-state index < -0.39 is 0 Å². The Labute approximate surface area is 133 Å². The lowest BCUT2D eigenvalue weighted by atomic mass is 10.1. The van der Waals surface area contributed by atoms with Crippen LogP contribution in [0, 0.1) is 13.8 Å². The zero-order valence-corrected chi connectivity index (χ0v) is 14.0. The van der Waals surface area contributed by atoms with Gasteiger partial charge in [-0.2, -0.15) is 0 Å². The zero-order chi connectivity index (χ0) is 15.4. The van der Waals surface area contributed by atoms with Crippen molar-refractivity contribution in [3.63, 3.8) is 0 Å². The van der Waals surface area contributed by atoms with Gasteiger partial charge in [0, 0.05) is 29.3 Å². The van der Waals surface area contributed by atoms with Crippen molar-refractivity contribution in [2.45, 2.75) is 20.4 Å². The fourth-order valence-electron chi connectivity index (χ4n) is 2.22. The van der Waals surface area contributed by atoms with Crippen molar-refractivity contribution in [1.29, 1.82) is 0 Å². The third-order valence-electron chi connectivity index (χ3n) is 3.51. The fourth-order valence-corrected chi connectivity index (χ4v) is 2.47. The van der Waals surface area contributed by atoms with Crippen LogP contribution in [-0.4, -0.2) is 13.0 Å². The van der Waals surface area contributed by atoms with E-state index in [-0.39, 0.29) is 5.91 Å². The van der Waals surface area contributed by atoms with E-state index in [2.05, 4.69) is 51.7 Å². The van der Waals surface area contributed by atoms with Crippen LogP contribution < -0.4 is 10.6 Å². The van der Waals surface area contributed by atoms with Crippen molar-refractivity contribution in [2.75, 3.05) is 12.4 Å². The number of benzene rings is 2. The summed E-state index contributed by atoms with van der Waals surface area (Å²) in [6, 6.07) is 12.0. The van der Waals surface area contributed by atoms with Crippen LogP contribution in [0.2, 0.25) is 0 Å². The molecule has 0 spiro atoms. The van der Waals surface area contributed by atoms with Gasteiger partial charge in [0.1, 0.15) is 0 Å². The largest absolute Gasteiger partial charge is 0.381 e. The van der Waals surface area contributed by atoms with Gasteiger partial charge in [-0.15, -0.1) is 0 Å². The van der Waals surface area contributed by atoms with Gasteiger partial charge in [-0.25, -0.2) is 0 Å². The van der Waals surface area contributed by atoms with E-state index >= 15 is 0 Å². The number of amides is 1. The molecule has 2 rings (SSSR count). The van der Waals surface area contributed by atoms with Crippen molar-refractivity contribution in [2.24, 2.45) is 0 Å².